The van der Waals surface area contributed by atoms with Gasteiger partial charge in [0.2, 0.25) is 0 Å². The predicted octanol–water partition coefficient (Wildman–Crippen LogP) is 6.34. The Labute approximate surface area is 227 Å². The quantitative estimate of drug-likeness (QED) is 0.179. The summed E-state index contributed by atoms with van der Waals surface area (Å²) in [7, 11) is 0. The molecule has 7 nitrogen and oxygen atoms in total. The van der Waals surface area contributed by atoms with Gasteiger partial charge < -0.3 is 9.84 Å². The van der Waals surface area contributed by atoms with Gasteiger partial charge in [-0.15, -0.1) is 0 Å². The minimum atomic E-state index is -1.00. The van der Waals surface area contributed by atoms with Crippen molar-refractivity contribution in [2.45, 2.75) is 123 Å². The highest BCUT2D eigenvalue weighted by molar-refractivity contribution is 6.01. The van der Waals surface area contributed by atoms with Gasteiger partial charge in [0, 0.05) is 19.3 Å². The Balaban J connectivity index is 1.23. The highest BCUT2D eigenvalue weighted by atomic mass is 16.8. The van der Waals surface area contributed by atoms with Crippen LogP contribution in [0.2, 0.25) is 0 Å². The molecule has 5 rings (SSSR count). The summed E-state index contributed by atoms with van der Waals surface area (Å²) in [4.78, 5) is 40.8. The van der Waals surface area contributed by atoms with Gasteiger partial charge >= 0.3 is 6.16 Å². The highest BCUT2D eigenvalue weighted by Gasteiger charge is 2.60. The molecule has 1 N–H and O–H groups in total. The van der Waals surface area contributed by atoms with Crippen molar-refractivity contribution < 1.29 is 29.1 Å². The van der Waals surface area contributed by atoms with Crippen LogP contribution in [0.4, 0.5) is 4.79 Å². The summed E-state index contributed by atoms with van der Waals surface area (Å²) < 4.78 is 5.55. The first kappa shape index (κ1) is 27.7. The molecule has 5 aliphatic rings. The number of amides is 2. The Morgan fingerprint density at radius 2 is 1.79 bits per heavy atom. The molecule has 0 bridgehead atoms. The fraction of sp³-hybridized carbons (Fsp3) is 0.839. The van der Waals surface area contributed by atoms with Crippen LogP contribution in [0.5, 0.6) is 0 Å². The number of rotatable bonds is 7. The number of imide groups is 1. The molecule has 8 atom stereocenters. The first-order valence-corrected chi connectivity index (χ1v) is 15.2. The maximum Gasteiger partial charge on any atom is 0.534 e. The van der Waals surface area contributed by atoms with E-state index in [9.17, 15) is 19.5 Å². The molecular weight excluding hydrogens is 482 g/mol. The maximum atomic E-state index is 12.3. The average Bonchev–Trinajstić information content (AvgIpc) is 3.36. The number of ether oxygens (including phenoxy) is 1. The van der Waals surface area contributed by atoms with Crippen molar-refractivity contribution >= 4 is 18.0 Å². The number of aliphatic hydroxyl groups is 1. The van der Waals surface area contributed by atoms with Gasteiger partial charge in [-0.1, -0.05) is 63.7 Å². The predicted molar refractivity (Wildman–Crippen MR) is 142 cm³/mol. The molecular formula is C31H47NO6. The van der Waals surface area contributed by atoms with E-state index >= 15 is 0 Å². The fourth-order valence-corrected chi connectivity index (χ4v) is 9.13. The van der Waals surface area contributed by atoms with Gasteiger partial charge in [-0.3, -0.25) is 14.4 Å². The van der Waals surface area contributed by atoms with Crippen LogP contribution >= 0.6 is 0 Å². The van der Waals surface area contributed by atoms with Crippen LogP contribution in [0.15, 0.2) is 11.6 Å². The SMILES string of the molecule is CC(C)CCCC[C@H]1CCC2C3C(CCC21C)C1(C)CC[C@H](OC(=O)ON2C(=O)CCC2=O)CC1=C[C@@H]3O. The van der Waals surface area contributed by atoms with Crippen molar-refractivity contribution in [3.8, 4) is 0 Å². The lowest BCUT2D eigenvalue weighted by Gasteiger charge is -2.59. The smallest absolute Gasteiger partial charge is 0.429 e. The number of fused-ring (bicyclic) bond motifs is 5. The van der Waals surface area contributed by atoms with Crippen LogP contribution < -0.4 is 0 Å². The highest BCUT2D eigenvalue weighted by Crippen LogP contribution is 2.66. The second kappa shape index (κ2) is 10.6. The average molecular weight is 530 g/mol. The second-order valence-corrected chi connectivity index (χ2v) is 13.8. The minimum absolute atomic E-state index is 0.00519. The van der Waals surface area contributed by atoms with E-state index in [2.05, 4.69) is 33.8 Å². The molecule has 1 saturated heterocycles. The normalized spacial score (nSPS) is 40.5. The standard InChI is InChI=1S/C31H47NO6/c1-19(2)7-5-6-8-20-9-10-23-28-24(14-16-30(20,23)3)31(4)15-13-22(17-21(31)18-25(28)33)37-29(36)38-32-26(34)11-12-27(32)35/h18-20,22-25,28,33H,5-17H2,1-4H3/t20-,22-,23?,24?,25-,28?,30?,31?/m0/s1. The lowest BCUT2D eigenvalue weighted by molar-refractivity contribution is -0.179. The van der Waals surface area contributed by atoms with E-state index in [-0.39, 0.29) is 24.4 Å². The number of hydrogen-bond acceptors (Lipinski definition) is 6. The number of carbonyl (C=O) groups excluding carboxylic acids is 3. The zero-order valence-corrected chi connectivity index (χ0v) is 23.7. The first-order chi connectivity index (χ1) is 18.0. The molecule has 212 valence electrons. The third-order valence-electron chi connectivity index (χ3n) is 11.3. The van der Waals surface area contributed by atoms with Gasteiger partial charge in [0.1, 0.15) is 6.10 Å². The van der Waals surface area contributed by atoms with Gasteiger partial charge in [-0.2, -0.15) is 0 Å². The van der Waals surface area contributed by atoms with Gasteiger partial charge in [-0.25, -0.2) is 4.79 Å². The van der Waals surface area contributed by atoms with E-state index in [1.165, 1.54) is 50.5 Å². The molecule has 0 spiro atoms. The van der Waals surface area contributed by atoms with Crippen molar-refractivity contribution in [3.05, 3.63) is 11.6 Å². The molecule has 2 amide bonds. The van der Waals surface area contributed by atoms with Crippen molar-refractivity contribution in [3.63, 3.8) is 0 Å². The number of aliphatic hydroxyl groups excluding tert-OH is 1. The van der Waals surface area contributed by atoms with Gasteiger partial charge in [-0.05, 0) is 85.4 Å². The Morgan fingerprint density at radius 3 is 2.50 bits per heavy atom. The summed E-state index contributed by atoms with van der Waals surface area (Å²) in [6.45, 7) is 9.50. The zero-order chi connectivity index (χ0) is 27.2. The summed E-state index contributed by atoms with van der Waals surface area (Å²) in [5, 5.41) is 12.0. The minimum Gasteiger partial charge on any atom is -0.429 e. The number of unbranched alkanes of at least 4 members (excludes halogenated alkanes) is 1. The lowest BCUT2D eigenvalue weighted by atomic mass is 9.46. The van der Waals surface area contributed by atoms with Crippen LogP contribution in [-0.4, -0.2) is 40.3 Å². The Bertz CT molecular complexity index is 959. The molecule has 1 heterocycles. The summed E-state index contributed by atoms with van der Waals surface area (Å²) in [5.41, 5.74) is 1.52. The third kappa shape index (κ3) is 4.93. The first-order valence-electron chi connectivity index (χ1n) is 15.2. The van der Waals surface area contributed by atoms with Crippen LogP contribution in [0.25, 0.3) is 0 Å². The van der Waals surface area contributed by atoms with Gasteiger partial charge in [0.15, 0.2) is 0 Å². The van der Waals surface area contributed by atoms with Crippen LogP contribution in [-0.2, 0) is 19.2 Å². The zero-order valence-electron chi connectivity index (χ0n) is 23.7. The van der Waals surface area contributed by atoms with Crippen LogP contribution in [0, 0.1) is 40.4 Å². The Kier molecular flexibility index (Phi) is 7.71. The van der Waals surface area contributed by atoms with E-state index in [0.717, 1.165) is 24.7 Å². The molecule has 1 aliphatic heterocycles. The number of hydrogen-bond donors (Lipinski definition) is 1. The number of nitrogens with zero attached hydrogens (tertiary/aromatic N) is 1. The molecule has 38 heavy (non-hydrogen) atoms. The molecule has 4 aliphatic carbocycles. The monoisotopic (exact) mass is 529 g/mol. The van der Waals surface area contributed by atoms with E-state index in [1.807, 2.05) is 0 Å². The summed E-state index contributed by atoms with van der Waals surface area (Å²) in [6, 6.07) is 0. The van der Waals surface area contributed by atoms with E-state index in [4.69, 9.17) is 9.57 Å². The van der Waals surface area contributed by atoms with Gasteiger partial charge in [0.05, 0.1) is 6.10 Å². The molecule has 0 radical (unpaired) electrons. The van der Waals surface area contributed by atoms with Gasteiger partial charge in [0.25, 0.3) is 11.8 Å². The second-order valence-electron chi connectivity index (χ2n) is 13.8. The summed E-state index contributed by atoms with van der Waals surface area (Å²) in [6.07, 6.45) is 12.7. The fourth-order valence-electron chi connectivity index (χ4n) is 9.13. The molecule has 0 aromatic rings. The molecule has 0 aromatic carbocycles. The molecule has 4 fully saturated rings. The van der Waals surface area contributed by atoms with Crippen LogP contribution in [0.1, 0.15) is 111 Å². The molecule has 7 heteroatoms. The van der Waals surface area contributed by atoms with E-state index in [1.54, 1.807) is 0 Å². The van der Waals surface area contributed by atoms with Crippen molar-refractivity contribution in [1.29, 1.82) is 0 Å². The summed E-state index contributed by atoms with van der Waals surface area (Å²) in [5.74, 6) is 1.85. The summed E-state index contributed by atoms with van der Waals surface area (Å²) >= 11 is 0. The number of hydroxylamine groups is 2. The molecule has 0 aromatic heterocycles. The largest absolute Gasteiger partial charge is 0.534 e. The maximum absolute atomic E-state index is 12.3. The van der Waals surface area contributed by atoms with E-state index in [0.29, 0.717) is 41.1 Å². The molecule has 5 unspecified atom stereocenters. The Hall–Kier alpha value is -1.89. The number of carbonyl (C=O) groups is 3. The lowest BCUT2D eigenvalue weighted by Crippen LogP contribution is -2.54. The van der Waals surface area contributed by atoms with Crippen LogP contribution in [0.3, 0.4) is 0 Å². The topological polar surface area (TPSA) is 93.1 Å². The van der Waals surface area contributed by atoms with Crippen molar-refractivity contribution in [2.75, 3.05) is 0 Å². The van der Waals surface area contributed by atoms with E-state index < -0.39 is 24.1 Å². The van der Waals surface area contributed by atoms with Crippen molar-refractivity contribution in [1.82, 2.24) is 5.06 Å². The third-order valence-corrected chi connectivity index (χ3v) is 11.3. The molecule has 3 saturated carbocycles. The Morgan fingerprint density at radius 1 is 1.05 bits per heavy atom. The van der Waals surface area contributed by atoms with Crippen molar-refractivity contribution in [2.24, 2.45) is 40.4 Å².